The van der Waals surface area contributed by atoms with Crippen molar-refractivity contribution in [3.8, 4) is 0 Å². The summed E-state index contributed by atoms with van der Waals surface area (Å²) < 4.78 is 0. The molecule has 0 bridgehead atoms. The standard InChI is InChI=1S/C9H15BrO2/c1-2-6-3-4-7(10)5-8(6)9(11)12/h6-8H,2-5H2,1H3,(H,11,12). The molecule has 1 fully saturated rings. The monoisotopic (exact) mass is 234 g/mol. The van der Waals surface area contributed by atoms with Crippen molar-refractivity contribution in [1.82, 2.24) is 0 Å². The lowest BCUT2D eigenvalue weighted by molar-refractivity contribution is -0.144. The van der Waals surface area contributed by atoms with E-state index in [2.05, 4.69) is 22.9 Å². The summed E-state index contributed by atoms with van der Waals surface area (Å²) in [6.45, 7) is 2.08. The topological polar surface area (TPSA) is 37.3 Å². The average molecular weight is 235 g/mol. The minimum absolute atomic E-state index is 0.117. The second-order valence-electron chi connectivity index (χ2n) is 3.52. The first-order valence-corrected chi connectivity index (χ1v) is 5.43. The van der Waals surface area contributed by atoms with Gasteiger partial charge in [-0.05, 0) is 25.2 Å². The fourth-order valence-electron chi connectivity index (χ4n) is 1.97. The minimum atomic E-state index is -0.619. The van der Waals surface area contributed by atoms with Gasteiger partial charge in [0, 0.05) is 4.83 Å². The van der Waals surface area contributed by atoms with Crippen molar-refractivity contribution in [2.75, 3.05) is 0 Å². The predicted molar refractivity (Wildman–Crippen MR) is 51.5 cm³/mol. The first kappa shape index (κ1) is 10.0. The third-order valence-electron chi connectivity index (χ3n) is 2.77. The molecule has 1 aliphatic carbocycles. The lowest BCUT2D eigenvalue weighted by atomic mass is 9.78. The molecule has 1 N–H and O–H groups in total. The van der Waals surface area contributed by atoms with Crippen molar-refractivity contribution >= 4 is 21.9 Å². The normalized spacial score (nSPS) is 36.3. The minimum Gasteiger partial charge on any atom is -0.481 e. The molecular formula is C9H15BrO2. The Morgan fingerprint density at radius 2 is 2.25 bits per heavy atom. The fraction of sp³-hybridized carbons (Fsp3) is 0.889. The SMILES string of the molecule is CCC1CCC(Br)CC1C(=O)O. The van der Waals surface area contributed by atoms with Crippen LogP contribution >= 0.6 is 15.9 Å². The summed E-state index contributed by atoms with van der Waals surface area (Å²) in [5.74, 6) is -0.338. The number of halogens is 1. The van der Waals surface area contributed by atoms with Crippen LogP contribution in [-0.4, -0.2) is 15.9 Å². The van der Waals surface area contributed by atoms with Gasteiger partial charge in [-0.3, -0.25) is 4.79 Å². The van der Waals surface area contributed by atoms with Crippen molar-refractivity contribution in [2.24, 2.45) is 11.8 Å². The van der Waals surface area contributed by atoms with E-state index in [1.807, 2.05) is 0 Å². The summed E-state index contributed by atoms with van der Waals surface area (Å²) in [5, 5.41) is 8.94. The molecule has 1 rings (SSSR count). The molecule has 0 aliphatic heterocycles. The zero-order valence-corrected chi connectivity index (χ0v) is 8.88. The molecule has 0 aromatic carbocycles. The number of carboxylic acids is 1. The Hall–Kier alpha value is -0.0500. The van der Waals surface area contributed by atoms with E-state index in [1.54, 1.807) is 0 Å². The number of aliphatic carboxylic acids is 1. The summed E-state index contributed by atoms with van der Waals surface area (Å²) >= 11 is 3.49. The van der Waals surface area contributed by atoms with E-state index in [9.17, 15) is 4.79 Å². The predicted octanol–water partition coefficient (Wildman–Crippen LogP) is 2.66. The number of hydrogen-bond donors (Lipinski definition) is 1. The van der Waals surface area contributed by atoms with Gasteiger partial charge in [-0.15, -0.1) is 0 Å². The van der Waals surface area contributed by atoms with Gasteiger partial charge >= 0.3 is 5.97 Å². The Bertz CT molecular complexity index is 170. The van der Waals surface area contributed by atoms with E-state index in [0.29, 0.717) is 10.7 Å². The molecule has 70 valence electrons. The number of hydrogen-bond acceptors (Lipinski definition) is 1. The molecule has 3 atom stereocenters. The maximum absolute atomic E-state index is 10.8. The second-order valence-corrected chi connectivity index (χ2v) is 4.82. The summed E-state index contributed by atoms with van der Waals surface area (Å²) in [7, 11) is 0. The molecule has 0 aromatic heterocycles. The smallest absolute Gasteiger partial charge is 0.306 e. The maximum atomic E-state index is 10.8. The number of carbonyl (C=O) groups is 1. The summed E-state index contributed by atoms with van der Waals surface area (Å²) in [5.41, 5.74) is 0. The molecule has 0 heterocycles. The van der Waals surface area contributed by atoms with Gasteiger partial charge in [0.1, 0.15) is 0 Å². The highest BCUT2D eigenvalue weighted by Crippen LogP contribution is 2.35. The van der Waals surface area contributed by atoms with Gasteiger partial charge in [-0.1, -0.05) is 29.3 Å². The highest BCUT2D eigenvalue weighted by atomic mass is 79.9. The highest BCUT2D eigenvalue weighted by Gasteiger charge is 2.32. The summed E-state index contributed by atoms with van der Waals surface area (Å²) in [4.78, 5) is 11.3. The average Bonchev–Trinajstić information content (AvgIpc) is 2.04. The zero-order valence-electron chi connectivity index (χ0n) is 7.29. The van der Waals surface area contributed by atoms with Crippen molar-refractivity contribution in [3.63, 3.8) is 0 Å². The summed E-state index contributed by atoms with van der Waals surface area (Å²) in [6, 6.07) is 0. The van der Waals surface area contributed by atoms with Crippen LogP contribution < -0.4 is 0 Å². The van der Waals surface area contributed by atoms with Crippen LogP contribution in [0.5, 0.6) is 0 Å². The molecule has 0 saturated heterocycles. The van der Waals surface area contributed by atoms with Crippen molar-refractivity contribution < 1.29 is 9.90 Å². The second kappa shape index (κ2) is 4.26. The van der Waals surface area contributed by atoms with Crippen LogP contribution in [-0.2, 0) is 4.79 Å². The molecule has 12 heavy (non-hydrogen) atoms. The van der Waals surface area contributed by atoms with Gasteiger partial charge in [0.2, 0.25) is 0 Å². The van der Waals surface area contributed by atoms with E-state index in [-0.39, 0.29) is 5.92 Å². The van der Waals surface area contributed by atoms with Gasteiger partial charge < -0.3 is 5.11 Å². The largest absolute Gasteiger partial charge is 0.481 e. The Balaban J connectivity index is 2.58. The Morgan fingerprint density at radius 3 is 2.75 bits per heavy atom. The third-order valence-corrected chi connectivity index (χ3v) is 3.60. The van der Waals surface area contributed by atoms with Gasteiger partial charge in [0.05, 0.1) is 5.92 Å². The highest BCUT2D eigenvalue weighted by molar-refractivity contribution is 9.09. The Morgan fingerprint density at radius 1 is 1.58 bits per heavy atom. The molecule has 0 spiro atoms. The number of alkyl halides is 1. The van der Waals surface area contributed by atoms with Crippen LogP contribution in [0, 0.1) is 11.8 Å². The molecular weight excluding hydrogens is 220 g/mol. The van der Waals surface area contributed by atoms with E-state index >= 15 is 0 Å². The van der Waals surface area contributed by atoms with Crippen LogP contribution in [0.1, 0.15) is 32.6 Å². The van der Waals surface area contributed by atoms with Crippen LogP contribution in [0.3, 0.4) is 0 Å². The van der Waals surface area contributed by atoms with Gasteiger partial charge in [-0.2, -0.15) is 0 Å². The zero-order chi connectivity index (χ0) is 9.14. The van der Waals surface area contributed by atoms with Crippen LogP contribution in [0.25, 0.3) is 0 Å². The Kier molecular flexibility index (Phi) is 3.56. The quantitative estimate of drug-likeness (QED) is 0.747. The van der Waals surface area contributed by atoms with Gasteiger partial charge in [-0.25, -0.2) is 0 Å². The van der Waals surface area contributed by atoms with Crippen LogP contribution in [0.15, 0.2) is 0 Å². The number of rotatable bonds is 2. The molecule has 0 radical (unpaired) electrons. The lowest BCUT2D eigenvalue weighted by Gasteiger charge is -2.30. The van der Waals surface area contributed by atoms with Crippen molar-refractivity contribution in [3.05, 3.63) is 0 Å². The van der Waals surface area contributed by atoms with Crippen molar-refractivity contribution in [2.45, 2.75) is 37.4 Å². The first-order valence-electron chi connectivity index (χ1n) is 4.52. The Labute approximate surface area is 81.5 Å². The van der Waals surface area contributed by atoms with Crippen LogP contribution in [0.2, 0.25) is 0 Å². The van der Waals surface area contributed by atoms with Gasteiger partial charge in [0.15, 0.2) is 0 Å². The number of carboxylic acid groups (broad SMARTS) is 1. The third kappa shape index (κ3) is 2.22. The maximum Gasteiger partial charge on any atom is 0.306 e. The summed E-state index contributed by atoms with van der Waals surface area (Å²) in [6.07, 6.45) is 3.98. The fourth-order valence-corrected chi connectivity index (χ4v) is 2.64. The lowest BCUT2D eigenvalue weighted by Crippen LogP contribution is -2.30. The molecule has 0 amide bonds. The first-order chi connectivity index (χ1) is 5.65. The molecule has 0 aromatic rings. The van der Waals surface area contributed by atoms with Crippen LogP contribution in [0.4, 0.5) is 0 Å². The van der Waals surface area contributed by atoms with Gasteiger partial charge in [0.25, 0.3) is 0 Å². The molecule has 1 aliphatic rings. The van der Waals surface area contributed by atoms with E-state index in [4.69, 9.17) is 5.11 Å². The van der Waals surface area contributed by atoms with Crippen molar-refractivity contribution in [1.29, 1.82) is 0 Å². The van der Waals surface area contributed by atoms with E-state index in [1.165, 1.54) is 0 Å². The molecule has 3 heteroatoms. The molecule has 3 unspecified atom stereocenters. The molecule has 1 saturated carbocycles. The molecule has 2 nitrogen and oxygen atoms in total. The van der Waals surface area contributed by atoms with E-state index < -0.39 is 5.97 Å². The van der Waals surface area contributed by atoms with E-state index in [0.717, 1.165) is 25.7 Å².